The predicted octanol–water partition coefficient (Wildman–Crippen LogP) is 2.92. The lowest BCUT2D eigenvalue weighted by atomic mass is 10.1. The summed E-state index contributed by atoms with van der Waals surface area (Å²) in [5.41, 5.74) is 2.56. The van der Waals surface area contributed by atoms with Gasteiger partial charge in [0.1, 0.15) is 0 Å². The van der Waals surface area contributed by atoms with Crippen LogP contribution in [0.25, 0.3) is 6.08 Å². The lowest BCUT2D eigenvalue weighted by Crippen LogP contribution is -2.07. The van der Waals surface area contributed by atoms with Crippen molar-refractivity contribution >= 4 is 6.08 Å². The molecule has 1 heterocycles. The second-order valence-corrected chi connectivity index (χ2v) is 3.17. The summed E-state index contributed by atoms with van der Waals surface area (Å²) >= 11 is 0. The molecule has 0 atom stereocenters. The minimum Gasteiger partial charge on any atom is -0.365 e. The van der Waals surface area contributed by atoms with Gasteiger partial charge in [-0.3, -0.25) is 0 Å². The van der Waals surface area contributed by atoms with E-state index in [1.807, 2.05) is 12.3 Å². The Balaban J connectivity index is 2.16. The molecule has 0 bridgehead atoms. The summed E-state index contributed by atoms with van der Waals surface area (Å²) in [7, 11) is 0. The molecule has 1 aliphatic rings. The maximum atomic E-state index is 3.25. The molecule has 1 heteroatoms. The first-order chi connectivity index (χ1) is 6.45. The third-order valence-corrected chi connectivity index (χ3v) is 2.11. The fourth-order valence-corrected chi connectivity index (χ4v) is 1.42. The van der Waals surface area contributed by atoms with Crippen LogP contribution in [-0.2, 0) is 0 Å². The van der Waals surface area contributed by atoms with E-state index in [4.69, 9.17) is 0 Å². The molecular formula is C12H13N. The second-order valence-electron chi connectivity index (χ2n) is 3.17. The standard InChI is InChI=1S/C12H13N/c1-2-6-11(7-3-1)10-12-8-4-5-9-13-12/h1-3,5-7,9-10,13H,4,8H2. The Hall–Kier alpha value is -1.50. The summed E-state index contributed by atoms with van der Waals surface area (Å²) in [6.07, 6.45) is 8.63. The summed E-state index contributed by atoms with van der Waals surface area (Å²) < 4.78 is 0. The molecule has 0 saturated heterocycles. The Morgan fingerprint density at radius 2 is 2.00 bits per heavy atom. The van der Waals surface area contributed by atoms with Crippen molar-refractivity contribution in [3.8, 4) is 0 Å². The van der Waals surface area contributed by atoms with Crippen LogP contribution in [-0.4, -0.2) is 0 Å². The Labute approximate surface area is 78.8 Å². The zero-order valence-electron chi connectivity index (χ0n) is 7.53. The van der Waals surface area contributed by atoms with Gasteiger partial charge in [-0.15, -0.1) is 0 Å². The number of nitrogens with one attached hydrogen (secondary N) is 1. The van der Waals surface area contributed by atoms with E-state index < -0.39 is 0 Å². The maximum absolute atomic E-state index is 3.25. The molecule has 0 aromatic heterocycles. The van der Waals surface area contributed by atoms with Crippen LogP contribution in [0.3, 0.4) is 0 Å². The molecule has 0 unspecified atom stereocenters. The van der Waals surface area contributed by atoms with Crippen LogP contribution < -0.4 is 5.32 Å². The minimum atomic E-state index is 1.12. The molecule has 13 heavy (non-hydrogen) atoms. The van der Waals surface area contributed by atoms with Crippen molar-refractivity contribution in [3.05, 3.63) is 53.9 Å². The summed E-state index contributed by atoms with van der Waals surface area (Å²) in [5.74, 6) is 0. The molecule has 1 aromatic carbocycles. The molecule has 1 N–H and O–H groups in total. The zero-order chi connectivity index (χ0) is 8.93. The second kappa shape index (κ2) is 3.94. The first kappa shape index (κ1) is 8.11. The first-order valence-corrected chi connectivity index (χ1v) is 4.62. The molecule has 66 valence electrons. The van der Waals surface area contributed by atoms with Crippen LogP contribution in [0.15, 0.2) is 48.3 Å². The summed E-state index contributed by atoms with van der Waals surface area (Å²) in [4.78, 5) is 0. The molecule has 0 fully saturated rings. The van der Waals surface area contributed by atoms with Gasteiger partial charge in [-0.05, 0) is 30.7 Å². The lowest BCUT2D eigenvalue weighted by Gasteiger charge is -2.10. The van der Waals surface area contributed by atoms with Gasteiger partial charge in [-0.1, -0.05) is 36.4 Å². The molecule has 1 aromatic rings. The molecule has 0 aliphatic carbocycles. The largest absolute Gasteiger partial charge is 0.365 e. The molecule has 0 spiro atoms. The smallest absolute Gasteiger partial charge is 0.0155 e. The van der Waals surface area contributed by atoms with Crippen molar-refractivity contribution in [2.24, 2.45) is 0 Å². The Bertz CT molecular complexity index is 322. The highest BCUT2D eigenvalue weighted by Crippen LogP contribution is 2.12. The summed E-state index contributed by atoms with van der Waals surface area (Å²) in [6, 6.07) is 10.4. The van der Waals surface area contributed by atoms with Gasteiger partial charge in [0, 0.05) is 5.70 Å². The van der Waals surface area contributed by atoms with E-state index >= 15 is 0 Å². The normalized spacial score (nSPS) is 18.6. The zero-order valence-corrected chi connectivity index (χ0v) is 7.53. The topological polar surface area (TPSA) is 12.0 Å². The van der Waals surface area contributed by atoms with Crippen LogP contribution in [0.1, 0.15) is 18.4 Å². The molecule has 1 nitrogen and oxygen atoms in total. The fourth-order valence-electron chi connectivity index (χ4n) is 1.42. The number of rotatable bonds is 1. The van der Waals surface area contributed by atoms with E-state index in [2.05, 4.69) is 41.7 Å². The monoisotopic (exact) mass is 171 g/mol. The van der Waals surface area contributed by atoms with E-state index in [-0.39, 0.29) is 0 Å². The highest BCUT2D eigenvalue weighted by Gasteiger charge is 1.97. The molecular weight excluding hydrogens is 158 g/mol. The number of hydrogen-bond acceptors (Lipinski definition) is 1. The molecule has 0 amide bonds. The lowest BCUT2D eigenvalue weighted by molar-refractivity contribution is 0.847. The van der Waals surface area contributed by atoms with Crippen LogP contribution in [0.2, 0.25) is 0 Å². The van der Waals surface area contributed by atoms with Gasteiger partial charge in [0.25, 0.3) is 0 Å². The first-order valence-electron chi connectivity index (χ1n) is 4.62. The number of allylic oxidation sites excluding steroid dienone is 2. The Morgan fingerprint density at radius 3 is 2.69 bits per heavy atom. The van der Waals surface area contributed by atoms with Crippen LogP contribution in [0, 0.1) is 0 Å². The Kier molecular flexibility index (Phi) is 2.46. The van der Waals surface area contributed by atoms with E-state index in [1.54, 1.807) is 0 Å². The average Bonchev–Trinajstić information content (AvgIpc) is 2.21. The van der Waals surface area contributed by atoms with Crippen LogP contribution in [0.4, 0.5) is 0 Å². The van der Waals surface area contributed by atoms with Gasteiger partial charge in [-0.2, -0.15) is 0 Å². The highest BCUT2D eigenvalue weighted by molar-refractivity contribution is 5.52. The number of hydrogen-bond donors (Lipinski definition) is 1. The summed E-state index contributed by atoms with van der Waals surface area (Å²) in [5, 5.41) is 3.25. The van der Waals surface area contributed by atoms with Crippen molar-refractivity contribution in [3.63, 3.8) is 0 Å². The number of benzene rings is 1. The molecule has 1 aliphatic heterocycles. The van der Waals surface area contributed by atoms with Crippen molar-refractivity contribution in [2.45, 2.75) is 12.8 Å². The van der Waals surface area contributed by atoms with Gasteiger partial charge in [0.15, 0.2) is 0 Å². The third kappa shape index (κ3) is 2.22. The third-order valence-electron chi connectivity index (χ3n) is 2.11. The fraction of sp³-hybridized carbons (Fsp3) is 0.167. The average molecular weight is 171 g/mol. The molecule has 2 rings (SSSR count). The van der Waals surface area contributed by atoms with Gasteiger partial charge < -0.3 is 5.32 Å². The van der Waals surface area contributed by atoms with Crippen LogP contribution in [0.5, 0.6) is 0 Å². The minimum absolute atomic E-state index is 1.12. The molecule has 0 saturated carbocycles. The molecule has 0 radical (unpaired) electrons. The van der Waals surface area contributed by atoms with Gasteiger partial charge in [0.2, 0.25) is 0 Å². The van der Waals surface area contributed by atoms with Gasteiger partial charge >= 0.3 is 0 Å². The summed E-state index contributed by atoms with van der Waals surface area (Å²) in [6.45, 7) is 0. The Morgan fingerprint density at radius 1 is 1.15 bits per heavy atom. The van der Waals surface area contributed by atoms with Gasteiger partial charge in [0.05, 0.1) is 0 Å². The quantitative estimate of drug-likeness (QED) is 0.685. The van der Waals surface area contributed by atoms with Crippen molar-refractivity contribution < 1.29 is 0 Å². The van der Waals surface area contributed by atoms with E-state index in [9.17, 15) is 0 Å². The van der Waals surface area contributed by atoms with Crippen LogP contribution >= 0.6 is 0 Å². The maximum Gasteiger partial charge on any atom is 0.0155 e. The van der Waals surface area contributed by atoms with Crippen molar-refractivity contribution in [1.29, 1.82) is 0 Å². The predicted molar refractivity (Wildman–Crippen MR) is 55.9 cm³/mol. The van der Waals surface area contributed by atoms with E-state index in [1.165, 1.54) is 11.3 Å². The van der Waals surface area contributed by atoms with Gasteiger partial charge in [-0.25, -0.2) is 0 Å². The highest BCUT2D eigenvalue weighted by atomic mass is 14.9. The van der Waals surface area contributed by atoms with E-state index in [0.717, 1.165) is 12.8 Å². The SMILES string of the molecule is C1=CNC(=Cc2ccccc2)CC1. The van der Waals surface area contributed by atoms with E-state index in [0.29, 0.717) is 0 Å². The van der Waals surface area contributed by atoms with Crippen molar-refractivity contribution in [2.75, 3.05) is 0 Å². The van der Waals surface area contributed by atoms with Crippen molar-refractivity contribution in [1.82, 2.24) is 5.32 Å².